The van der Waals surface area contributed by atoms with Crippen LogP contribution in [0.15, 0.2) is 0 Å². The van der Waals surface area contributed by atoms with E-state index in [-0.39, 0.29) is 12.6 Å². The molecule has 1 atom stereocenters. The summed E-state index contributed by atoms with van der Waals surface area (Å²) in [6, 6.07) is 0. The molecule has 0 saturated heterocycles. The molecule has 0 aliphatic heterocycles. The van der Waals surface area contributed by atoms with Gasteiger partial charge in [0, 0.05) is 5.92 Å². The van der Waals surface area contributed by atoms with Crippen LogP contribution < -0.4 is 0 Å². The second-order valence-electron chi connectivity index (χ2n) is 1.55. The van der Waals surface area contributed by atoms with Gasteiger partial charge in [-0.2, -0.15) is 0 Å². The number of hydrogen-bond acceptors (Lipinski definition) is 0. The van der Waals surface area contributed by atoms with Gasteiger partial charge in [0.1, 0.15) is 0 Å². The molecular formula is C6H9F. The quantitative estimate of drug-likeness (QED) is 0.462. The molecule has 0 aromatic rings. The molecule has 0 aliphatic rings. The minimum atomic E-state index is -0.300. The van der Waals surface area contributed by atoms with Gasteiger partial charge in [-0.05, 0) is 6.42 Å². The Morgan fingerprint density at radius 3 is 2.57 bits per heavy atom. The average molecular weight is 100 g/mol. The lowest BCUT2D eigenvalue weighted by atomic mass is 10.1. The van der Waals surface area contributed by atoms with E-state index in [0.717, 1.165) is 0 Å². The Labute approximate surface area is 43.7 Å². The molecule has 0 aromatic carbocycles. The molecule has 40 valence electrons. The Morgan fingerprint density at radius 2 is 2.43 bits per heavy atom. The van der Waals surface area contributed by atoms with Gasteiger partial charge in [-0.25, -0.2) is 0 Å². The highest BCUT2D eigenvalue weighted by molar-refractivity contribution is 4.89. The third kappa shape index (κ3) is 3.32. The summed E-state index contributed by atoms with van der Waals surface area (Å²) in [5, 5.41) is 0. The summed E-state index contributed by atoms with van der Waals surface area (Å²) in [5.41, 5.74) is 0. The third-order valence-electron chi connectivity index (χ3n) is 0.827. The molecule has 0 fully saturated rings. The zero-order valence-electron chi connectivity index (χ0n) is 4.45. The molecule has 0 amide bonds. The zero-order valence-corrected chi connectivity index (χ0v) is 4.45. The Bertz CT molecular complexity index is 70.7. The number of alkyl halides is 1. The third-order valence-corrected chi connectivity index (χ3v) is 0.827. The maximum absolute atomic E-state index is 11.3. The maximum Gasteiger partial charge on any atom is 0.0906 e. The molecule has 0 bridgehead atoms. The van der Waals surface area contributed by atoms with Gasteiger partial charge >= 0.3 is 0 Å². The minimum absolute atomic E-state index is 0.102. The van der Waals surface area contributed by atoms with Crippen molar-refractivity contribution < 1.29 is 4.39 Å². The Hall–Kier alpha value is -0.510. The molecule has 0 aromatic heterocycles. The number of rotatable bonds is 2. The van der Waals surface area contributed by atoms with Crippen LogP contribution >= 0.6 is 0 Å². The molecule has 1 unspecified atom stereocenters. The summed E-state index contributed by atoms with van der Waals surface area (Å²) < 4.78 is 11.3. The fourth-order valence-corrected chi connectivity index (χ4v) is 0.247. The normalized spacial score (nSPS) is 12.7. The van der Waals surface area contributed by atoms with E-state index in [2.05, 4.69) is 5.92 Å². The fraction of sp³-hybridized carbons (Fsp3) is 0.667. The van der Waals surface area contributed by atoms with Gasteiger partial charge in [-0.1, -0.05) is 6.92 Å². The predicted molar refractivity (Wildman–Crippen MR) is 28.6 cm³/mol. The van der Waals surface area contributed by atoms with E-state index in [4.69, 9.17) is 6.42 Å². The van der Waals surface area contributed by atoms with Gasteiger partial charge in [0.25, 0.3) is 0 Å². The van der Waals surface area contributed by atoms with Crippen molar-refractivity contribution in [3.8, 4) is 12.3 Å². The van der Waals surface area contributed by atoms with Crippen molar-refractivity contribution in [3.05, 3.63) is 0 Å². The first kappa shape index (κ1) is 6.49. The van der Waals surface area contributed by atoms with Crippen LogP contribution in [0.4, 0.5) is 4.39 Å². The number of hydrogen-bond donors (Lipinski definition) is 0. The van der Waals surface area contributed by atoms with Gasteiger partial charge in [0.2, 0.25) is 0 Å². The highest BCUT2D eigenvalue weighted by atomic mass is 19.1. The standard InChI is InChI=1S/C6H9F/c1-3-6(2)4-5-7/h1,6H,4-5H2,2H3. The van der Waals surface area contributed by atoms with E-state index in [0.29, 0.717) is 6.42 Å². The molecule has 0 N–H and O–H groups in total. The van der Waals surface area contributed by atoms with Gasteiger partial charge < -0.3 is 0 Å². The molecule has 7 heavy (non-hydrogen) atoms. The molecule has 1 heteroatoms. The topological polar surface area (TPSA) is 0 Å². The lowest BCUT2D eigenvalue weighted by Crippen LogP contribution is -1.89. The van der Waals surface area contributed by atoms with Crippen molar-refractivity contribution in [2.24, 2.45) is 5.92 Å². The SMILES string of the molecule is C#CC(C)CCF. The Morgan fingerprint density at radius 1 is 1.86 bits per heavy atom. The van der Waals surface area contributed by atoms with Crippen molar-refractivity contribution in [2.45, 2.75) is 13.3 Å². The van der Waals surface area contributed by atoms with E-state index in [1.165, 1.54) is 0 Å². The maximum atomic E-state index is 11.3. The zero-order chi connectivity index (χ0) is 5.70. The smallest absolute Gasteiger partial charge is 0.0906 e. The second kappa shape index (κ2) is 3.67. The Balaban J connectivity index is 3.04. The Kier molecular flexibility index (Phi) is 3.40. The van der Waals surface area contributed by atoms with Crippen molar-refractivity contribution >= 4 is 0 Å². The highest BCUT2D eigenvalue weighted by Crippen LogP contribution is 1.97. The van der Waals surface area contributed by atoms with E-state index < -0.39 is 0 Å². The van der Waals surface area contributed by atoms with Gasteiger partial charge in [-0.3, -0.25) is 4.39 Å². The van der Waals surface area contributed by atoms with Crippen LogP contribution in [-0.2, 0) is 0 Å². The summed E-state index contributed by atoms with van der Waals surface area (Å²) in [6.07, 6.45) is 5.44. The lowest BCUT2D eigenvalue weighted by Gasteiger charge is -1.93. The first-order valence-corrected chi connectivity index (χ1v) is 2.33. The van der Waals surface area contributed by atoms with E-state index in [9.17, 15) is 4.39 Å². The molecule has 0 aliphatic carbocycles. The molecule has 0 saturated carbocycles. The fourth-order valence-electron chi connectivity index (χ4n) is 0.247. The largest absolute Gasteiger partial charge is 0.251 e. The van der Waals surface area contributed by atoms with Crippen LogP contribution in [0.1, 0.15) is 13.3 Å². The van der Waals surface area contributed by atoms with Crippen LogP contribution in [-0.4, -0.2) is 6.67 Å². The van der Waals surface area contributed by atoms with Crippen LogP contribution in [0.25, 0.3) is 0 Å². The van der Waals surface area contributed by atoms with E-state index in [1.807, 2.05) is 6.92 Å². The van der Waals surface area contributed by atoms with Gasteiger partial charge in [0.15, 0.2) is 0 Å². The molecule has 0 radical (unpaired) electrons. The van der Waals surface area contributed by atoms with Crippen LogP contribution in [0.5, 0.6) is 0 Å². The van der Waals surface area contributed by atoms with Crippen molar-refractivity contribution in [2.75, 3.05) is 6.67 Å². The average Bonchev–Trinajstić information content (AvgIpc) is 1.68. The first-order valence-electron chi connectivity index (χ1n) is 2.33. The lowest BCUT2D eigenvalue weighted by molar-refractivity contribution is 0.442. The summed E-state index contributed by atoms with van der Waals surface area (Å²) in [7, 11) is 0. The molecule has 0 heterocycles. The van der Waals surface area contributed by atoms with Gasteiger partial charge in [-0.15, -0.1) is 12.3 Å². The molecular weight excluding hydrogens is 91.1 g/mol. The molecule has 0 nitrogen and oxygen atoms in total. The van der Waals surface area contributed by atoms with Crippen LogP contribution in [0, 0.1) is 18.3 Å². The van der Waals surface area contributed by atoms with Crippen molar-refractivity contribution in [1.82, 2.24) is 0 Å². The second-order valence-corrected chi connectivity index (χ2v) is 1.55. The summed E-state index contributed by atoms with van der Waals surface area (Å²) in [5.74, 6) is 2.53. The molecule has 0 rings (SSSR count). The summed E-state index contributed by atoms with van der Waals surface area (Å²) in [4.78, 5) is 0. The van der Waals surface area contributed by atoms with Crippen molar-refractivity contribution in [3.63, 3.8) is 0 Å². The van der Waals surface area contributed by atoms with E-state index in [1.54, 1.807) is 0 Å². The number of halogens is 1. The first-order chi connectivity index (χ1) is 3.31. The highest BCUT2D eigenvalue weighted by Gasteiger charge is 1.91. The molecule has 0 spiro atoms. The van der Waals surface area contributed by atoms with Crippen LogP contribution in [0.2, 0.25) is 0 Å². The number of terminal acetylenes is 1. The van der Waals surface area contributed by atoms with Crippen molar-refractivity contribution in [1.29, 1.82) is 0 Å². The minimum Gasteiger partial charge on any atom is -0.251 e. The van der Waals surface area contributed by atoms with Gasteiger partial charge in [0.05, 0.1) is 6.67 Å². The van der Waals surface area contributed by atoms with Crippen LogP contribution in [0.3, 0.4) is 0 Å². The van der Waals surface area contributed by atoms with E-state index >= 15 is 0 Å². The monoisotopic (exact) mass is 100 g/mol. The predicted octanol–water partition coefficient (Wildman–Crippen LogP) is 1.62. The summed E-state index contributed by atoms with van der Waals surface area (Å²) >= 11 is 0. The summed E-state index contributed by atoms with van der Waals surface area (Å²) in [6.45, 7) is 1.53.